The predicted octanol–water partition coefficient (Wildman–Crippen LogP) is 3.82. The molecule has 0 saturated heterocycles. The van der Waals surface area contributed by atoms with Crippen LogP contribution in [0.3, 0.4) is 0 Å². The largest absolute Gasteiger partial charge is 0.493 e. The molecule has 3 nitrogen and oxygen atoms in total. The summed E-state index contributed by atoms with van der Waals surface area (Å²) in [6.45, 7) is 2.40. The number of halogens is 3. The number of hydrogen-bond donors (Lipinski definition) is 0. The molecule has 1 aliphatic heterocycles. The molecule has 2 rings (SSSR count). The summed E-state index contributed by atoms with van der Waals surface area (Å²) in [6.07, 6.45) is -0.774. The van der Waals surface area contributed by atoms with Crippen molar-refractivity contribution in [3.05, 3.63) is 23.8 Å². The zero-order chi connectivity index (χ0) is 15.0. The van der Waals surface area contributed by atoms with Crippen molar-refractivity contribution >= 4 is 6.08 Å². The molecule has 0 aromatic heterocycles. The first-order valence-electron chi connectivity index (χ1n) is 6.00. The van der Waals surface area contributed by atoms with Crippen LogP contribution in [-0.4, -0.2) is 25.5 Å². The Labute approximate surface area is 114 Å². The van der Waals surface area contributed by atoms with Gasteiger partial charge in [-0.1, -0.05) is 6.08 Å². The van der Waals surface area contributed by atoms with Gasteiger partial charge in [0.1, 0.15) is 11.4 Å². The quantitative estimate of drug-likeness (QED) is 0.846. The van der Waals surface area contributed by atoms with Gasteiger partial charge < -0.3 is 14.2 Å². The van der Waals surface area contributed by atoms with Gasteiger partial charge in [-0.25, -0.2) is 0 Å². The van der Waals surface area contributed by atoms with Crippen LogP contribution in [0, 0.1) is 0 Å². The van der Waals surface area contributed by atoms with Crippen LogP contribution >= 0.6 is 0 Å². The van der Waals surface area contributed by atoms with Gasteiger partial charge in [0.05, 0.1) is 7.11 Å². The molecule has 6 heteroatoms. The zero-order valence-corrected chi connectivity index (χ0v) is 11.4. The minimum Gasteiger partial charge on any atom is -0.493 e. The Morgan fingerprint density at radius 2 is 1.90 bits per heavy atom. The molecule has 0 radical (unpaired) electrons. The Morgan fingerprint density at radius 1 is 1.20 bits per heavy atom. The number of ether oxygens (including phenoxy) is 3. The highest BCUT2D eigenvalue weighted by Crippen LogP contribution is 2.40. The topological polar surface area (TPSA) is 27.7 Å². The van der Waals surface area contributed by atoms with Crippen LogP contribution in [0.15, 0.2) is 18.2 Å². The van der Waals surface area contributed by atoms with Gasteiger partial charge >= 0.3 is 6.18 Å². The fourth-order valence-corrected chi connectivity index (χ4v) is 1.82. The number of fused-ring (bicyclic) bond motifs is 1. The minimum atomic E-state index is -4.39. The van der Waals surface area contributed by atoms with Crippen molar-refractivity contribution in [1.29, 1.82) is 0 Å². The maximum absolute atomic E-state index is 12.2. The molecule has 0 unspecified atom stereocenters. The Balaban J connectivity index is 2.31. The number of alkyl halides is 3. The molecule has 0 fully saturated rings. The third kappa shape index (κ3) is 3.37. The molecule has 0 aliphatic carbocycles. The van der Waals surface area contributed by atoms with Gasteiger partial charge in [0, 0.05) is 11.6 Å². The summed E-state index contributed by atoms with van der Waals surface area (Å²) in [5.41, 5.74) is 0.189. The Hall–Kier alpha value is -1.85. The summed E-state index contributed by atoms with van der Waals surface area (Å²) < 4.78 is 52.2. The molecule has 110 valence electrons. The highest BCUT2D eigenvalue weighted by atomic mass is 19.4. The van der Waals surface area contributed by atoms with Gasteiger partial charge in [-0.05, 0) is 26.0 Å². The summed E-state index contributed by atoms with van der Waals surface area (Å²) in [5, 5.41) is 0. The lowest BCUT2D eigenvalue weighted by Crippen LogP contribution is -2.27. The zero-order valence-electron chi connectivity index (χ0n) is 11.4. The van der Waals surface area contributed by atoms with Crippen LogP contribution < -0.4 is 14.2 Å². The summed E-state index contributed by atoms with van der Waals surface area (Å²) in [6, 6.07) is 3.01. The second-order valence-electron chi connectivity index (χ2n) is 4.98. The van der Waals surface area contributed by atoms with Crippen LogP contribution in [-0.2, 0) is 0 Å². The average molecular weight is 288 g/mol. The van der Waals surface area contributed by atoms with Gasteiger partial charge in [0.15, 0.2) is 18.1 Å². The van der Waals surface area contributed by atoms with E-state index >= 15 is 0 Å². The first-order valence-corrected chi connectivity index (χ1v) is 6.00. The maximum atomic E-state index is 12.2. The Kier molecular flexibility index (Phi) is 3.58. The molecule has 0 amide bonds. The van der Waals surface area contributed by atoms with Gasteiger partial charge in [-0.15, -0.1) is 0 Å². The predicted molar refractivity (Wildman–Crippen MR) is 68.3 cm³/mol. The summed E-state index contributed by atoms with van der Waals surface area (Å²) in [5.74, 6) is 0.796. The SMILES string of the molecule is COc1cc2c(cc1OCC(F)(F)F)C=CC(C)(C)O2. The fraction of sp³-hybridized carbons (Fsp3) is 0.429. The van der Waals surface area contributed by atoms with Crippen molar-refractivity contribution in [2.45, 2.75) is 25.6 Å². The third-order valence-electron chi connectivity index (χ3n) is 2.72. The van der Waals surface area contributed by atoms with E-state index in [-0.39, 0.29) is 11.5 Å². The minimum absolute atomic E-state index is 0.0385. The van der Waals surface area contributed by atoms with Crippen molar-refractivity contribution in [2.75, 3.05) is 13.7 Å². The van der Waals surface area contributed by atoms with Crippen molar-refractivity contribution in [3.8, 4) is 17.2 Å². The van der Waals surface area contributed by atoms with Crippen LogP contribution in [0.25, 0.3) is 6.08 Å². The van der Waals surface area contributed by atoms with E-state index in [0.717, 1.165) is 0 Å². The number of hydrogen-bond acceptors (Lipinski definition) is 3. The van der Waals surface area contributed by atoms with Crippen LogP contribution in [0.4, 0.5) is 13.2 Å². The molecule has 0 N–H and O–H groups in total. The van der Waals surface area contributed by atoms with Gasteiger partial charge in [0.2, 0.25) is 0 Å². The van der Waals surface area contributed by atoms with Crippen LogP contribution in [0.2, 0.25) is 0 Å². The Morgan fingerprint density at radius 3 is 2.50 bits per heavy atom. The molecule has 0 spiro atoms. The molecule has 0 bridgehead atoms. The second kappa shape index (κ2) is 4.92. The lowest BCUT2D eigenvalue weighted by molar-refractivity contribution is -0.153. The molecular formula is C14H15F3O3. The van der Waals surface area contributed by atoms with E-state index in [0.29, 0.717) is 11.3 Å². The van der Waals surface area contributed by atoms with E-state index in [2.05, 4.69) is 0 Å². The molecule has 1 heterocycles. The van der Waals surface area contributed by atoms with Gasteiger partial charge in [-0.3, -0.25) is 0 Å². The highest BCUT2D eigenvalue weighted by Gasteiger charge is 2.30. The number of rotatable bonds is 3. The molecule has 1 aliphatic rings. The lowest BCUT2D eigenvalue weighted by atomic mass is 10.0. The van der Waals surface area contributed by atoms with Crippen molar-refractivity contribution < 1.29 is 27.4 Å². The maximum Gasteiger partial charge on any atom is 0.422 e. The second-order valence-corrected chi connectivity index (χ2v) is 4.98. The van der Waals surface area contributed by atoms with Crippen molar-refractivity contribution in [3.63, 3.8) is 0 Å². The highest BCUT2D eigenvalue weighted by molar-refractivity contribution is 5.66. The smallest absolute Gasteiger partial charge is 0.422 e. The van der Waals surface area contributed by atoms with Crippen molar-refractivity contribution in [1.82, 2.24) is 0 Å². The normalized spacial score (nSPS) is 16.3. The standard InChI is InChI=1S/C14H15F3O3/c1-13(2)5-4-9-6-12(19-8-14(15,16)17)11(18-3)7-10(9)20-13/h4-7H,8H2,1-3H3. The third-order valence-corrected chi connectivity index (χ3v) is 2.72. The molecule has 1 aromatic carbocycles. The summed E-state index contributed by atoms with van der Waals surface area (Å²) >= 11 is 0. The summed E-state index contributed by atoms with van der Waals surface area (Å²) in [4.78, 5) is 0. The summed E-state index contributed by atoms with van der Waals surface area (Å²) in [7, 11) is 1.37. The van der Waals surface area contributed by atoms with E-state index in [4.69, 9.17) is 14.2 Å². The van der Waals surface area contributed by atoms with Gasteiger partial charge in [-0.2, -0.15) is 13.2 Å². The number of methoxy groups -OCH3 is 1. The fourth-order valence-electron chi connectivity index (χ4n) is 1.82. The van der Waals surface area contributed by atoms with E-state index in [9.17, 15) is 13.2 Å². The van der Waals surface area contributed by atoms with E-state index in [1.165, 1.54) is 19.2 Å². The first kappa shape index (κ1) is 14.6. The molecule has 0 atom stereocenters. The molecule has 0 saturated carbocycles. The molecule has 1 aromatic rings. The number of benzene rings is 1. The average Bonchev–Trinajstić information content (AvgIpc) is 2.33. The molecular weight excluding hydrogens is 273 g/mol. The molecule has 20 heavy (non-hydrogen) atoms. The van der Waals surface area contributed by atoms with Crippen LogP contribution in [0.5, 0.6) is 17.2 Å². The van der Waals surface area contributed by atoms with Crippen LogP contribution in [0.1, 0.15) is 19.4 Å². The first-order chi connectivity index (χ1) is 9.20. The van der Waals surface area contributed by atoms with Gasteiger partial charge in [0.25, 0.3) is 0 Å². The lowest BCUT2D eigenvalue weighted by Gasteiger charge is -2.28. The Bertz CT molecular complexity index is 533. The van der Waals surface area contributed by atoms with E-state index in [1.807, 2.05) is 19.9 Å². The monoisotopic (exact) mass is 288 g/mol. The van der Waals surface area contributed by atoms with E-state index in [1.54, 1.807) is 6.08 Å². The van der Waals surface area contributed by atoms with E-state index < -0.39 is 18.4 Å². The van der Waals surface area contributed by atoms with Crippen molar-refractivity contribution in [2.24, 2.45) is 0 Å².